The van der Waals surface area contributed by atoms with Crippen LogP contribution in [0.15, 0.2) is 59.9 Å². The molecule has 4 N–H and O–H groups in total. The third-order valence-electron chi connectivity index (χ3n) is 6.86. The first-order valence-electron chi connectivity index (χ1n) is 13.0. The molecule has 0 aliphatic carbocycles. The van der Waals surface area contributed by atoms with Gasteiger partial charge in [-0.3, -0.25) is 23.8 Å². The maximum Gasteiger partial charge on any atom is 0.490 e. The molecule has 0 fully saturated rings. The van der Waals surface area contributed by atoms with Crippen molar-refractivity contribution in [3.05, 3.63) is 76.2 Å². The molecule has 226 valence electrons. The summed E-state index contributed by atoms with van der Waals surface area (Å²) in [6.07, 6.45) is 1.82. The van der Waals surface area contributed by atoms with Gasteiger partial charge in [-0.2, -0.15) is 18.3 Å². The number of carbonyl (C=O) groups excluding carboxylic acids is 1. The predicted molar refractivity (Wildman–Crippen MR) is 153 cm³/mol. The van der Waals surface area contributed by atoms with E-state index < -0.39 is 12.1 Å². The number of alkyl halides is 3. The number of nitrogens with two attached hydrogens (primary N) is 1. The third kappa shape index (κ3) is 7.20. The van der Waals surface area contributed by atoms with Gasteiger partial charge in [0.2, 0.25) is 5.91 Å². The first-order valence-corrected chi connectivity index (χ1v) is 13.4. The molecule has 0 spiro atoms. The number of aromatic nitrogens is 5. The van der Waals surface area contributed by atoms with Crippen LogP contribution < -0.4 is 16.6 Å². The number of hydrogen-bond donors (Lipinski definition) is 3. The summed E-state index contributed by atoms with van der Waals surface area (Å²) in [7, 11) is 1.83. The average Bonchev–Trinajstić information content (AvgIpc) is 3.31. The minimum absolute atomic E-state index is 0.0575. The molecule has 1 aliphatic rings. The van der Waals surface area contributed by atoms with Crippen LogP contribution in [0.1, 0.15) is 37.9 Å². The largest absolute Gasteiger partial charge is 0.490 e. The SMILES string of the molecule is C[C@@H]1CCC[C@H](n2cnc(-c3cc(Cl)ccc3N)cc2=O)c2cc(ccn2)-c2c(cnn2C)NC1=O.O=C(O)C(F)(F)F. The lowest BCUT2D eigenvalue weighted by Crippen LogP contribution is -2.27. The van der Waals surface area contributed by atoms with Crippen molar-refractivity contribution in [2.75, 3.05) is 11.1 Å². The van der Waals surface area contributed by atoms with Crippen LogP contribution in [0, 0.1) is 5.92 Å². The lowest BCUT2D eigenvalue weighted by molar-refractivity contribution is -0.192. The van der Waals surface area contributed by atoms with Gasteiger partial charge in [0.05, 0.1) is 41.3 Å². The number of amides is 1. The predicted octanol–water partition coefficient (Wildman–Crippen LogP) is 4.92. The molecule has 1 aliphatic heterocycles. The number of fused-ring (bicyclic) bond motifs is 4. The molecule has 0 saturated carbocycles. The molecule has 0 radical (unpaired) electrons. The number of carbonyl (C=O) groups is 2. The highest BCUT2D eigenvalue weighted by atomic mass is 35.5. The number of halogens is 4. The quantitative estimate of drug-likeness (QED) is 0.267. The number of anilines is 2. The molecule has 3 aromatic heterocycles. The van der Waals surface area contributed by atoms with Crippen LogP contribution in [-0.4, -0.2) is 47.5 Å². The summed E-state index contributed by atoms with van der Waals surface area (Å²) in [4.78, 5) is 44.2. The Hall–Kier alpha value is -4.72. The molecule has 0 unspecified atom stereocenters. The van der Waals surface area contributed by atoms with E-state index in [2.05, 4.69) is 20.4 Å². The molecule has 2 bridgehead atoms. The van der Waals surface area contributed by atoms with Crippen LogP contribution in [0.4, 0.5) is 24.5 Å². The first kappa shape index (κ1) is 31.2. The monoisotopic (exact) mass is 617 g/mol. The number of nitrogen functional groups attached to an aromatic ring is 1. The number of aryl methyl sites for hydroxylation is 1. The Bertz CT molecular complexity index is 1720. The highest BCUT2D eigenvalue weighted by Gasteiger charge is 2.38. The standard InChI is InChI=1S/C26H26ClN7O2.C2HF3O2/c1-15-4-3-5-23(34-14-30-20(12-24(34)35)18-11-17(27)6-7-19(18)28)21-10-16(8-9-29-21)25-22(32-26(15)36)13-31-33(25)2;3-2(4,5)1(6)7/h6-15,23H,3-5,28H2,1-2H3,(H,32,36);(H,6,7)/t15-,23+;/m1./s1. The average molecular weight is 618 g/mol. The van der Waals surface area contributed by atoms with E-state index in [9.17, 15) is 22.8 Å². The van der Waals surface area contributed by atoms with Gasteiger partial charge in [0.15, 0.2) is 0 Å². The smallest absolute Gasteiger partial charge is 0.475 e. The van der Waals surface area contributed by atoms with Gasteiger partial charge in [-0.15, -0.1) is 0 Å². The summed E-state index contributed by atoms with van der Waals surface area (Å²) in [6, 6.07) is 10.0. The molecule has 43 heavy (non-hydrogen) atoms. The van der Waals surface area contributed by atoms with E-state index in [0.717, 1.165) is 23.4 Å². The fourth-order valence-corrected chi connectivity index (χ4v) is 4.80. The van der Waals surface area contributed by atoms with E-state index >= 15 is 0 Å². The molecule has 2 atom stereocenters. The topological polar surface area (TPSA) is 158 Å². The Morgan fingerprint density at radius 1 is 1.14 bits per heavy atom. The molecule has 1 aromatic carbocycles. The number of nitrogens with zero attached hydrogens (tertiary/aromatic N) is 5. The van der Waals surface area contributed by atoms with Crippen molar-refractivity contribution in [2.45, 2.75) is 38.4 Å². The highest BCUT2D eigenvalue weighted by molar-refractivity contribution is 6.31. The lowest BCUT2D eigenvalue weighted by atomic mass is 9.97. The zero-order valence-corrected chi connectivity index (χ0v) is 23.7. The molecule has 11 nitrogen and oxygen atoms in total. The Balaban J connectivity index is 0.000000541. The van der Waals surface area contributed by atoms with Crippen molar-refractivity contribution in [1.29, 1.82) is 0 Å². The lowest BCUT2D eigenvalue weighted by Gasteiger charge is -2.22. The number of aliphatic carboxylic acids is 1. The molecule has 4 aromatic rings. The van der Waals surface area contributed by atoms with Gasteiger partial charge in [0.25, 0.3) is 5.56 Å². The minimum Gasteiger partial charge on any atom is -0.475 e. The number of carboxylic acid groups (broad SMARTS) is 1. The maximum absolute atomic E-state index is 13.3. The highest BCUT2D eigenvalue weighted by Crippen LogP contribution is 2.33. The van der Waals surface area contributed by atoms with E-state index in [4.69, 9.17) is 27.2 Å². The van der Waals surface area contributed by atoms with Crippen LogP contribution >= 0.6 is 11.6 Å². The Labute approximate surface area is 248 Å². The van der Waals surface area contributed by atoms with Gasteiger partial charge in [-0.25, -0.2) is 9.78 Å². The van der Waals surface area contributed by atoms with Gasteiger partial charge in [-0.1, -0.05) is 24.9 Å². The van der Waals surface area contributed by atoms with E-state index in [-0.39, 0.29) is 23.4 Å². The van der Waals surface area contributed by atoms with Crippen molar-refractivity contribution in [3.63, 3.8) is 0 Å². The molecule has 0 saturated heterocycles. The summed E-state index contributed by atoms with van der Waals surface area (Å²) in [6.45, 7) is 1.90. The van der Waals surface area contributed by atoms with Crippen molar-refractivity contribution in [3.8, 4) is 22.5 Å². The van der Waals surface area contributed by atoms with E-state index in [1.54, 1.807) is 39.8 Å². The van der Waals surface area contributed by atoms with Gasteiger partial charge >= 0.3 is 12.1 Å². The van der Waals surface area contributed by atoms with Crippen LogP contribution in [0.5, 0.6) is 0 Å². The Morgan fingerprint density at radius 3 is 2.53 bits per heavy atom. The van der Waals surface area contributed by atoms with Gasteiger partial charge in [-0.05, 0) is 43.2 Å². The van der Waals surface area contributed by atoms with E-state index in [1.807, 2.05) is 26.1 Å². The fraction of sp³-hybridized carbons (Fsp3) is 0.286. The normalized spacial score (nSPS) is 16.9. The summed E-state index contributed by atoms with van der Waals surface area (Å²) in [5, 5.41) is 15.0. The van der Waals surface area contributed by atoms with Crippen LogP contribution in [0.3, 0.4) is 0 Å². The minimum atomic E-state index is -5.08. The van der Waals surface area contributed by atoms with Crippen molar-refractivity contribution >= 4 is 34.9 Å². The Morgan fingerprint density at radius 2 is 1.86 bits per heavy atom. The van der Waals surface area contributed by atoms with Gasteiger partial charge < -0.3 is 16.2 Å². The summed E-state index contributed by atoms with van der Waals surface area (Å²) in [5.74, 6) is -3.02. The summed E-state index contributed by atoms with van der Waals surface area (Å²) < 4.78 is 35.1. The number of benzene rings is 1. The zero-order valence-electron chi connectivity index (χ0n) is 23.0. The number of rotatable bonds is 2. The third-order valence-corrected chi connectivity index (χ3v) is 7.10. The second-order valence-corrected chi connectivity index (χ2v) is 10.3. The van der Waals surface area contributed by atoms with Gasteiger partial charge in [0.1, 0.15) is 0 Å². The number of nitrogens with one attached hydrogen (secondary N) is 1. The molecule has 1 amide bonds. The zero-order chi connectivity index (χ0) is 31.5. The Kier molecular flexibility index (Phi) is 9.19. The molecular formula is C28H27ClF3N7O4. The van der Waals surface area contributed by atoms with E-state index in [1.165, 1.54) is 12.4 Å². The van der Waals surface area contributed by atoms with Crippen molar-refractivity contribution in [2.24, 2.45) is 13.0 Å². The number of pyridine rings is 1. The van der Waals surface area contributed by atoms with Crippen LogP contribution in [0.25, 0.3) is 22.5 Å². The molecule has 4 heterocycles. The number of carboxylic acids is 1. The molecule has 5 rings (SSSR count). The summed E-state index contributed by atoms with van der Waals surface area (Å²) in [5.41, 5.74) is 10.4. The van der Waals surface area contributed by atoms with Crippen LogP contribution in [0.2, 0.25) is 5.02 Å². The first-order chi connectivity index (χ1) is 20.3. The maximum atomic E-state index is 13.3. The second-order valence-electron chi connectivity index (χ2n) is 9.89. The van der Waals surface area contributed by atoms with Crippen molar-refractivity contribution in [1.82, 2.24) is 24.3 Å². The summed E-state index contributed by atoms with van der Waals surface area (Å²) >= 11 is 6.14. The molecular weight excluding hydrogens is 591 g/mol. The van der Waals surface area contributed by atoms with Crippen LogP contribution in [-0.2, 0) is 16.6 Å². The molecule has 15 heteroatoms. The number of hydrogen-bond acceptors (Lipinski definition) is 7. The van der Waals surface area contributed by atoms with E-state index in [0.29, 0.717) is 40.5 Å². The van der Waals surface area contributed by atoms with Gasteiger partial charge in [0, 0.05) is 47.1 Å². The van der Waals surface area contributed by atoms with Crippen molar-refractivity contribution < 1.29 is 27.9 Å². The fourth-order valence-electron chi connectivity index (χ4n) is 4.62. The second kappa shape index (κ2) is 12.7.